The number of pyridine rings is 1. The van der Waals surface area contributed by atoms with Gasteiger partial charge in [-0.15, -0.1) is 0 Å². The summed E-state index contributed by atoms with van der Waals surface area (Å²) >= 11 is 0. The van der Waals surface area contributed by atoms with Crippen LogP contribution in [0.4, 0.5) is 4.39 Å². The van der Waals surface area contributed by atoms with Crippen LogP contribution in [-0.4, -0.2) is 32.5 Å². The molecule has 6 heteroatoms. The Morgan fingerprint density at radius 2 is 1.93 bits per heavy atom. The zero-order valence-corrected chi connectivity index (χ0v) is 16.5. The highest BCUT2D eigenvalue weighted by Gasteiger charge is 2.37. The molecule has 29 heavy (non-hydrogen) atoms. The molecule has 0 spiro atoms. The molecule has 0 amide bonds. The second-order valence-electron chi connectivity index (χ2n) is 7.70. The maximum Gasteiger partial charge on any atom is 0.123 e. The minimum atomic E-state index is -0.501. The summed E-state index contributed by atoms with van der Waals surface area (Å²) in [6.45, 7) is 4.53. The van der Waals surface area contributed by atoms with Gasteiger partial charge >= 0.3 is 0 Å². The van der Waals surface area contributed by atoms with E-state index in [2.05, 4.69) is 32.4 Å². The van der Waals surface area contributed by atoms with Crippen molar-refractivity contribution in [2.45, 2.75) is 37.8 Å². The van der Waals surface area contributed by atoms with Crippen LogP contribution in [0.3, 0.4) is 0 Å². The Morgan fingerprint density at radius 3 is 2.59 bits per heavy atom. The van der Waals surface area contributed by atoms with Gasteiger partial charge in [0.15, 0.2) is 0 Å². The number of hydrogen-bond donors (Lipinski definition) is 0. The van der Waals surface area contributed by atoms with Crippen molar-refractivity contribution >= 4 is 0 Å². The van der Waals surface area contributed by atoms with Crippen molar-refractivity contribution in [3.8, 4) is 6.07 Å². The highest BCUT2D eigenvalue weighted by Crippen LogP contribution is 2.34. The van der Waals surface area contributed by atoms with Gasteiger partial charge in [0.25, 0.3) is 0 Å². The lowest BCUT2D eigenvalue weighted by molar-refractivity contribution is 0.173. The van der Waals surface area contributed by atoms with Gasteiger partial charge in [0.1, 0.15) is 11.2 Å². The van der Waals surface area contributed by atoms with Crippen LogP contribution in [0.5, 0.6) is 0 Å². The molecule has 4 rings (SSSR count). The Labute approximate surface area is 170 Å². The molecule has 5 nitrogen and oxygen atoms in total. The predicted octanol–water partition coefficient (Wildman–Crippen LogP) is 4.08. The molecule has 1 aromatic carbocycles. The van der Waals surface area contributed by atoms with Crippen LogP contribution < -0.4 is 0 Å². The van der Waals surface area contributed by atoms with Gasteiger partial charge in [-0.3, -0.25) is 9.88 Å². The number of imidazole rings is 1. The molecule has 0 radical (unpaired) electrons. The molecular weight excluding hydrogens is 365 g/mol. The predicted molar refractivity (Wildman–Crippen MR) is 108 cm³/mol. The lowest BCUT2D eigenvalue weighted by Crippen LogP contribution is -2.42. The lowest BCUT2D eigenvalue weighted by atomic mass is 9.76. The Morgan fingerprint density at radius 1 is 1.17 bits per heavy atom. The van der Waals surface area contributed by atoms with E-state index in [1.54, 1.807) is 6.20 Å². The molecule has 3 aromatic rings. The van der Waals surface area contributed by atoms with Crippen LogP contribution >= 0.6 is 0 Å². The summed E-state index contributed by atoms with van der Waals surface area (Å²) in [6.07, 6.45) is 7.02. The fourth-order valence-corrected chi connectivity index (χ4v) is 4.10. The first-order valence-electron chi connectivity index (χ1n) is 9.92. The number of benzene rings is 1. The Bertz CT molecular complexity index is 982. The SMILES string of the molecule is CC(c1ccc(F)cc1)n1cncc1CN1CCC(C#N)(c2ccccn2)CC1. The fraction of sp³-hybridized carbons (Fsp3) is 0.348. The zero-order valence-electron chi connectivity index (χ0n) is 16.5. The quantitative estimate of drug-likeness (QED) is 0.660. The number of aromatic nitrogens is 3. The Balaban J connectivity index is 1.45. The van der Waals surface area contributed by atoms with Crippen molar-refractivity contribution in [1.29, 1.82) is 5.26 Å². The smallest absolute Gasteiger partial charge is 0.123 e. The molecule has 148 valence electrons. The summed E-state index contributed by atoms with van der Waals surface area (Å²) in [5.74, 6) is -0.228. The van der Waals surface area contributed by atoms with Crippen molar-refractivity contribution in [1.82, 2.24) is 19.4 Å². The van der Waals surface area contributed by atoms with Crippen LogP contribution in [0.2, 0.25) is 0 Å². The van der Waals surface area contributed by atoms with E-state index < -0.39 is 5.41 Å². The fourth-order valence-electron chi connectivity index (χ4n) is 4.10. The lowest BCUT2D eigenvalue weighted by Gasteiger charge is -2.37. The van der Waals surface area contributed by atoms with E-state index in [4.69, 9.17) is 0 Å². The third-order valence-corrected chi connectivity index (χ3v) is 5.98. The molecule has 2 aromatic heterocycles. The van der Waals surface area contributed by atoms with Crippen molar-refractivity contribution < 1.29 is 4.39 Å². The topological polar surface area (TPSA) is 57.7 Å². The van der Waals surface area contributed by atoms with E-state index in [1.807, 2.05) is 42.9 Å². The molecule has 0 N–H and O–H groups in total. The monoisotopic (exact) mass is 389 g/mol. The third-order valence-electron chi connectivity index (χ3n) is 5.98. The van der Waals surface area contributed by atoms with Crippen LogP contribution in [0.1, 0.15) is 42.8 Å². The molecule has 1 aliphatic heterocycles. The second kappa shape index (κ2) is 8.14. The highest BCUT2D eigenvalue weighted by molar-refractivity contribution is 5.27. The summed E-state index contributed by atoms with van der Waals surface area (Å²) in [6, 6.07) is 15.0. The molecule has 1 aliphatic rings. The maximum absolute atomic E-state index is 13.2. The molecule has 0 aliphatic carbocycles. The molecule has 1 unspecified atom stereocenters. The maximum atomic E-state index is 13.2. The molecule has 0 bridgehead atoms. The Kier molecular flexibility index (Phi) is 5.41. The number of piperidine rings is 1. The number of nitrogens with zero attached hydrogens (tertiary/aromatic N) is 5. The van der Waals surface area contributed by atoms with Gasteiger partial charge < -0.3 is 4.57 Å². The first kappa shape index (κ1) is 19.3. The first-order chi connectivity index (χ1) is 14.1. The first-order valence-corrected chi connectivity index (χ1v) is 9.92. The van der Waals surface area contributed by atoms with Gasteiger partial charge in [0, 0.05) is 32.0 Å². The van der Waals surface area contributed by atoms with Gasteiger partial charge in [0.2, 0.25) is 0 Å². The summed E-state index contributed by atoms with van der Waals surface area (Å²) in [7, 11) is 0. The van der Waals surface area contributed by atoms with Crippen LogP contribution in [-0.2, 0) is 12.0 Å². The van der Waals surface area contributed by atoms with Crippen LogP contribution in [0.15, 0.2) is 61.2 Å². The molecular formula is C23H24FN5. The second-order valence-corrected chi connectivity index (χ2v) is 7.70. The Hall–Kier alpha value is -3.04. The minimum Gasteiger partial charge on any atom is -0.326 e. The van der Waals surface area contributed by atoms with E-state index >= 15 is 0 Å². The standard InChI is InChI=1S/C23H24FN5/c1-18(19-5-7-20(24)8-6-19)29-17-26-14-21(29)15-28-12-9-23(16-25,10-13-28)22-4-2-3-11-27-22/h2-8,11,14,17-18H,9-10,12-13,15H2,1H3. The average molecular weight is 389 g/mol. The van der Waals surface area contributed by atoms with Crippen LogP contribution in [0.25, 0.3) is 0 Å². The molecule has 1 atom stereocenters. The number of rotatable bonds is 5. The largest absolute Gasteiger partial charge is 0.326 e. The average Bonchev–Trinajstić information content (AvgIpc) is 3.23. The van der Waals surface area contributed by atoms with E-state index in [9.17, 15) is 9.65 Å². The van der Waals surface area contributed by atoms with E-state index in [-0.39, 0.29) is 11.9 Å². The van der Waals surface area contributed by atoms with Gasteiger partial charge in [-0.25, -0.2) is 9.37 Å². The normalized spacial score (nSPS) is 17.6. The van der Waals surface area contributed by atoms with Crippen molar-refractivity contribution in [3.05, 3.63) is 84.0 Å². The summed E-state index contributed by atoms with van der Waals surface area (Å²) < 4.78 is 15.4. The van der Waals surface area contributed by atoms with Gasteiger partial charge in [-0.05, 0) is 49.6 Å². The third kappa shape index (κ3) is 3.92. The number of nitriles is 1. The highest BCUT2D eigenvalue weighted by atomic mass is 19.1. The zero-order chi connectivity index (χ0) is 20.3. The summed E-state index contributed by atoms with van der Waals surface area (Å²) in [5.41, 5.74) is 2.53. The van der Waals surface area contributed by atoms with E-state index in [1.165, 1.54) is 12.1 Å². The van der Waals surface area contributed by atoms with Gasteiger partial charge in [-0.1, -0.05) is 18.2 Å². The van der Waals surface area contributed by atoms with Crippen molar-refractivity contribution in [2.24, 2.45) is 0 Å². The number of hydrogen-bond acceptors (Lipinski definition) is 4. The molecule has 1 fully saturated rings. The van der Waals surface area contributed by atoms with Gasteiger partial charge in [-0.2, -0.15) is 5.26 Å². The van der Waals surface area contributed by atoms with Crippen molar-refractivity contribution in [3.63, 3.8) is 0 Å². The van der Waals surface area contributed by atoms with Crippen molar-refractivity contribution in [2.75, 3.05) is 13.1 Å². The van der Waals surface area contributed by atoms with E-state index in [0.717, 1.165) is 49.4 Å². The van der Waals surface area contributed by atoms with Gasteiger partial charge in [0.05, 0.1) is 29.8 Å². The molecule has 0 saturated carbocycles. The summed E-state index contributed by atoms with van der Waals surface area (Å²) in [5, 5.41) is 9.85. The minimum absolute atomic E-state index is 0.0737. The number of halogens is 1. The summed E-state index contributed by atoms with van der Waals surface area (Å²) in [4.78, 5) is 11.1. The molecule has 1 saturated heterocycles. The van der Waals surface area contributed by atoms with E-state index in [0.29, 0.717) is 0 Å². The molecule has 3 heterocycles. The number of likely N-dealkylation sites (tertiary alicyclic amines) is 1. The van der Waals surface area contributed by atoms with Crippen LogP contribution in [0, 0.1) is 17.1 Å².